The number of likely N-dealkylation sites (tertiary alicyclic amines) is 1. The molecule has 0 radical (unpaired) electrons. The second-order valence-corrected chi connectivity index (χ2v) is 7.58. The minimum Gasteiger partial charge on any atom is -0.337 e. The first-order valence-electron chi connectivity index (χ1n) is 8.97. The highest BCUT2D eigenvalue weighted by molar-refractivity contribution is 7.09. The highest BCUT2D eigenvalue weighted by Gasteiger charge is 2.25. The molecule has 1 aliphatic rings. The van der Waals surface area contributed by atoms with Crippen molar-refractivity contribution in [1.82, 2.24) is 14.9 Å². The highest BCUT2D eigenvalue weighted by Crippen LogP contribution is 2.28. The smallest absolute Gasteiger partial charge is 0.273 e. The summed E-state index contributed by atoms with van der Waals surface area (Å²) in [6.45, 7) is 1.58. The van der Waals surface area contributed by atoms with Crippen molar-refractivity contribution >= 4 is 17.2 Å². The molecule has 0 spiro atoms. The van der Waals surface area contributed by atoms with E-state index in [1.807, 2.05) is 40.9 Å². The van der Waals surface area contributed by atoms with Gasteiger partial charge in [-0.2, -0.15) is 0 Å². The van der Waals surface area contributed by atoms with E-state index in [9.17, 15) is 4.79 Å². The molecule has 1 saturated heterocycles. The van der Waals surface area contributed by atoms with Crippen molar-refractivity contribution in [3.63, 3.8) is 0 Å². The fraction of sp³-hybridized carbons (Fsp3) is 0.286. The van der Waals surface area contributed by atoms with E-state index in [1.165, 1.54) is 11.1 Å². The fourth-order valence-electron chi connectivity index (χ4n) is 3.47. The molecule has 0 unspecified atom stereocenters. The van der Waals surface area contributed by atoms with Gasteiger partial charge in [0, 0.05) is 37.3 Å². The van der Waals surface area contributed by atoms with Crippen molar-refractivity contribution in [3.8, 4) is 0 Å². The number of thiazole rings is 1. The first-order chi connectivity index (χ1) is 12.8. The number of nitrogens with zero attached hydrogens (tertiary/aromatic N) is 3. The van der Waals surface area contributed by atoms with E-state index in [-0.39, 0.29) is 5.91 Å². The minimum atomic E-state index is 0.0636. The maximum Gasteiger partial charge on any atom is 0.273 e. The van der Waals surface area contributed by atoms with E-state index < -0.39 is 0 Å². The van der Waals surface area contributed by atoms with Crippen LogP contribution in [0.3, 0.4) is 0 Å². The molecule has 0 N–H and O–H groups in total. The van der Waals surface area contributed by atoms with E-state index in [1.54, 1.807) is 11.3 Å². The normalized spacial score (nSPS) is 15.2. The Balaban J connectivity index is 1.37. The zero-order valence-corrected chi connectivity index (χ0v) is 15.4. The summed E-state index contributed by atoms with van der Waals surface area (Å²) >= 11 is 1.57. The second-order valence-electron chi connectivity index (χ2n) is 6.64. The van der Waals surface area contributed by atoms with E-state index in [0.29, 0.717) is 11.6 Å². The van der Waals surface area contributed by atoms with Gasteiger partial charge in [0.15, 0.2) is 0 Å². The lowest BCUT2D eigenvalue weighted by atomic mass is 9.90. The molecule has 0 saturated carbocycles. The molecule has 1 aromatic carbocycles. The molecule has 1 fully saturated rings. The lowest BCUT2D eigenvalue weighted by Gasteiger charge is -2.31. The monoisotopic (exact) mass is 363 g/mol. The zero-order valence-electron chi connectivity index (χ0n) is 14.5. The Morgan fingerprint density at radius 2 is 1.81 bits per heavy atom. The molecule has 3 heterocycles. The molecule has 26 heavy (non-hydrogen) atoms. The number of piperidine rings is 1. The molecule has 0 aliphatic carbocycles. The van der Waals surface area contributed by atoms with Gasteiger partial charge in [-0.05, 0) is 42.0 Å². The summed E-state index contributed by atoms with van der Waals surface area (Å²) in [5.74, 6) is 0.583. The van der Waals surface area contributed by atoms with Crippen LogP contribution in [0, 0.1) is 0 Å². The predicted octanol–water partition coefficient (Wildman–Crippen LogP) is 4.15. The summed E-state index contributed by atoms with van der Waals surface area (Å²) in [6.07, 6.45) is 6.46. The van der Waals surface area contributed by atoms with Gasteiger partial charge in [-0.1, -0.05) is 30.3 Å². The van der Waals surface area contributed by atoms with Gasteiger partial charge >= 0.3 is 0 Å². The van der Waals surface area contributed by atoms with Crippen molar-refractivity contribution in [2.45, 2.75) is 25.2 Å². The van der Waals surface area contributed by atoms with Gasteiger partial charge in [0.2, 0.25) is 0 Å². The summed E-state index contributed by atoms with van der Waals surface area (Å²) in [7, 11) is 0. The van der Waals surface area contributed by atoms with E-state index >= 15 is 0 Å². The maximum absolute atomic E-state index is 12.8. The SMILES string of the molecule is O=C(c1csc(Cc2ccccc2)n1)N1CCC(c2ccncc2)CC1. The topological polar surface area (TPSA) is 46.1 Å². The first kappa shape index (κ1) is 16.9. The van der Waals surface area contributed by atoms with Crippen molar-refractivity contribution < 1.29 is 4.79 Å². The maximum atomic E-state index is 12.8. The molecule has 4 rings (SSSR count). The average molecular weight is 363 g/mol. The Labute approximate surface area is 157 Å². The summed E-state index contributed by atoms with van der Waals surface area (Å²) in [6, 6.07) is 14.4. The number of amides is 1. The lowest BCUT2D eigenvalue weighted by molar-refractivity contribution is 0.0707. The van der Waals surface area contributed by atoms with Crippen LogP contribution in [0.2, 0.25) is 0 Å². The number of benzene rings is 1. The molecule has 0 bridgehead atoms. The number of rotatable bonds is 4. The van der Waals surface area contributed by atoms with Gasteiger partial charge in [0.05, 0.1) is 5.01 Å². The third-order valence-corrected chi connectivity index (χ3v) is 5.78. The van der Waals surface area contributed by atoms with Gasteiger partial charge in [-0.15, -0.1) is 11.3 Å². The molecule has 1 aliphatic heterocycles. The minimum absolute atomic E-state index is 0.0636. The largest absolute Gasteiger partial charge is 0.337 e. The van der Waals surface area contributed by atoms with Crippen LogP contribution in [0.15, 0.2) is 60.2 Å². The number of aromatic nitrogens is 2. The number of carbonyl (C=O) groups excluding carboxylic acids is 1. The van der Waals surface area contributed by atoms with Crippen LogP contribution >= 0.6 is 11.3 Å². The Bertz CT molecular complexity index is 855. The van der Waals surface area contributed by atoms with Crippen molar-refractivity contribution in [3.05, 3.63) is 82.1 Å². The molecule has 2 aromatic heterocycles. The van der Waals surface area contributed by atoms with Crippen LogP contribution < -0.4 is 0 Å². The molecule has 5 heteroatoms. The quantitative estimate of drug-likeness (QED) is 0.699. The van der Waals surface area contributed by atoms with Crippen LogP contribution in [0.1, 0.15) is 45.4 Å². The summed E-state index contributed by atoms with van der Waals surface area (Å²) in [5, 5.41) is 2.89. The van der Waals surface area contributed by atoms with Crippen LogP contribution in [0.25, 0.3) is 0 Å². The Morgan fingerprint density at radius 3 is 2.54 bits per heavy atom. The molecule has 1 amide bonds. The van der Waals surface area contributed by atoms with Crippen LogP contribution in [-0.2, 0) is 6.42 Å². The predicted molar refractivity (Wildman–Crippen MR) is 103 cm³/mol. The molecular weight excluding hydrogens is 342 g/mol. The van der Waals surface area contributed by atoms with Gasteiger partial charge in [-0.3, -0.25) is 9.78 Å². The molecule has 3 aromatic rings. The Kier molecular flexibility index (Phi) is 5.07. The highest BCUT2D eigenvalue weighted by atomic mass is 32.1. The first-order valence-corrected chi connectivity index (χ1v) is 9.85. The summed E-state index contributed by atoms with van der Waals surface area (Å²) in [4.78, 5) is 23.4. The van der Waals surface area contributed by atoms with E-state index in [2.05, 4.69) is 34.2 Å². The van der Waals surface area contributed by atoms with E-state index in [4.69, 9.17) is 0 Å². The lowest BCUT2D eigenvalue weighted by Crippen LogP contribution is -2.38. The summed E-state index contributed by atoms with van der Waals surface area (Å²) < 4.78 is 0. The fourth-order valence-corrected chi connectivity index (χ4v) is 4.28. The number of hydrogen-bond donors (Lipinski definition) is 0. The molecule has 0 atom stereocenters. The Morgan fingerprint density at radius 1 is 1.08 bits per heavy atom. The number of pyridine rings is 1. The van der Waals surface area contributed by atoms with Gasteiger partial charge in [0.25, 0.3) is 5.91 Å². The average Bonchev–Trinajstić information content (AvgIpc) is 3.17. The van der Waals surface area contributed by atoms with Crippen LogP contribution in [-0.4, -0.2) is 33.9 Å². The van der Waals surface area contributed by atoms with Crippen molar-refractivity contribution in [2.24, 2.45) is 0 Å². The van der Waals surface area contributed by atoms with Crippen LogP contribution in [0.4, 0.5) is 0 Å². The van der Waals surface area contributed by atoms with Gasteiger partial charge in [-0.25, -0.2) is 4.98 Å². The third-order valence-electron chi connectivity index (χ3n) is 4.93. The molecule has 132 valence electrons. The standard InChI is InChI=1S/C21H21N3OS/c25-21(19-15-26-20(23-19)14-16-4-2-1-3-5-16)24-12-8-18(9-13-24)17-6-10-22-11-7-17/h1-7,10-11,15,18H,8-9,12-14H2. The summed E-state index contributed by atoms with van der Waals surface area (Å²) in [5.41, 5.74) is 3.13. The zero-order chi connectivity index (χ0) is 17.8. The van der Waals surface area contributed by atoms with Gasteiger partial charge < -0.3 is 4.90 Å². The number of hydrogen-bond acceptors (Lipinski definition) is 4. The Hall–Kier alpha value is -2.53. The number of carbonyl (C=O) groups is 1. The molecule has 4 nitrogen and oxygen atoms in total. The second kappa shape index (κ2) is 7.79. The van der Waals surface area contributed by atoms with Crippen molar-refractivity contribution in [1.29, 1.82) is 0 Å². The van der Waals surface area contributed by atoms with Gasteiger partial charge in [0.1, 0.15) is 5.69 Å². The van der Waals surface area contributed by atoms with Crippen LogP contribution in [0.5, 0.6) is 0 Å². The van der Waals surface area contributed by atoms with Crippen molar-refractivity contribution in [2.75, 3.05) is 13.1 Å². The van der Waals surface area contributed by atoms with E-state index in [0.717, 1.165) is 37.4 Å². The third kappa shape index (κ3) is 3.83. The molecular formula is C21H21N3OS.